The quantitative estimate of drug-likeness (QED) is 0.701. The van der Waals surface area contributed by atoms with Gasteiger partial charge in [0, 0.05) is 5.38 Å². The molecule has 0 aliphatic rings. The molecule has 0 aliphatic carbocycles. The zero-order valence-electron chi connectivity index (χ0n) is 9.12. The van der Waals surface area contributed by atoms with Gasteiger partial charge >= 0.3 is 5.97 Å². The predicted molar refractivity (Wildman–Crippen MR) is 59.1 cm³/mol. The number of nitrogens with one attached hydrogen (secondary N) is 2. The third-order valence-electron chi connectivity index (χ3n) is 2.01. The summed E-state index contributed by atoms with van der Waals surface area (Å²) in [5.41, 5.74) is -0.155. The number of thiazole rings is 1. The van der Waals surface area contributed by atoms with Crippen LogP contribution in [0.3, 0.4) is 0 Å². The van der Waals surface area contributed by atoms with Gasteiger partial charge in [-0.3, -0.25) is 4.79 Å². The molecule has 94 valence electrons. The second kappa shape index (κ2) is 4.87. The first-order valence-electron chi connectivity index (χ1n) is 4.81. The van der Waals surface area contributed by atoms with Crippen molar-refractivity contribution in [3.8, 4) is 0 Å². The van der Waals surface area contributed by atoms with Crippen molar-refractivity contribution in [3.05, 3.63) is 21.9 Å². The number of hydrogen-bond acceptors (Lipinski definition) is 7. The van der Waals surface area contributed by atoms with Crippen LogP contribution in [0.15, 0.2) is 5.38 Å². The molecule has 10 heteroatoms. The molecule has 1 amide bonds. The summed E-state index contributed by atoms with van der Waals surface area (Å²) in [4.78, 5) is 26.1. The molecule has 2 heterocycles. The largest absolute Gasteiger partial charge is 0.476 e. The fourth-order valence-electron chi connectivity index (χ4n) is 1.15. The first-order valence-corrected chi connectivity index (χ1v) is 5.69. The Kier molecular flexibility index (Phi) is 3.28. The minimum atomic E-state index is -1.17. The van der Waals surface area contributed by atoms with Crippen molar-refractivity contribution < 1.29 is 14.7 Å². The Morgan fingerprint density at radius 1 is 1.56 bits per heavy atom. The Morgan fingerprint density at radius 3 is 2.89 bits per heavy atom. The summed E-state index contributed by atoms with van der Waals surface area (Å²) in [5, 5.41) is 25.7. The van der Waals surface area contributed by atoms with Gasteiger partial charge in [0.15, 0.2) is 16.5 Å². The van der Waals surface area contributed by atoms with E-state index in [4.69, 9.17) is 5.11 Å². The summed E-state index contributed by atoms with van der Waals surface area (Å²) < 4.78 is 0. The Balaban J connectivity index is 2.05. The van der Waals surface area contributed by atoms with E-state index in [0.29, 0.717) is 5.82 Å². The number of tetrazole rings is 1. The lowest BCUT2D eigenvalue weighted by atomic mass is 10.3. The molecule has 0 bridgehead atoms. The molecule has 0 aromatic carbocycles. The molecule has 2 aromatic heterocycles. The molecule has 0 fully saturated rings. The van der Waals surface area contributed by atoms with Crippen molar-refractivity contribution in [2.45, 2.75) is 13.0 Å². The van der Waals surface area contributed by atoms with Gasteiger partial charge in [-0.25, -0.2) is 9.78 Å². The highest BCUT2D eigenvalue weighted by Crippen LogP contribution is 2.12. The van der Waals surface area contributed by atoms with Crippen LogP contribution in [0.2, 0.25) is 0 Å². The van der Waals surface area contributed by atoms with Crippen LogP contribution in [0, 0.1) is 0 Å². The van der Waals surface area contributed by atoms with Gasteiger partial charge in [0.1, 0.15) is 0 Å². The predicted octanol–water partition coefficient (Wildman–Crippen LogP) is -0.155. The van der Waals surface area contributed by atoms with Crippen molar-refractivity contribution >= 4 is 23.2 Å². The molecule has 0 saturated carbocycles. The van der Waals surface area contributed by atoms with E-state index in [1.807, 2.05) is 0 Å². The van der Waals surface area contributed by atoms with Crippen molar-refractivity contribution in [2.75, 3.05) is 0 Å². The average Bonchev–Trinajstić information content (AvgIpc) is 3.00. The summed E-state index contributed by atoms with van der Waals surface area (Å²) in [6.07, 6.45) is 0. The maximum Gasteiger partial charge on any atom is 0.355 e. The van der Waals surface area contributed by atoms with E-state index in [1.165, 1.54) is 5.38 Å². The van der Waals surface area contributed by atoms with Gasteiger partial charge in [-0.1, -0.05) is 5.21 Å². The number of carbonyl (C=O) groups is 2. The summed E-state index contributed by atoms with van der Waals surface area (Å²) in [6.45, 7) is 1.68. The molecule has 0 saturated heterocycles. The number of aromatic nitrogens is 5. The van der Waals surface area contributed by atoms with Crippen molar-refractivity contribution in [1.82, 2.24) is 30.9 Å². The first-order chi connectivity index (χ1) is 8.58. The second-order valence-electron chi connectivity index (χ2n) is 3.31. The molecule has 0 aliphatic heterocycles. The monoisotopic (exact) mass is 268 g/mol. The number of nitrogens with zero attached hydrogens (tertiary/aromatic N) is 4. The average molecular weight is 268 g/mol. The molecule has 18 heavy (non-hydrogen) atoms. The van der Waals surface area contributed by atoms with Crippen molar-refractivity contribution in [3.63, 3.8) is 0 Å². The molecule has 0 radical (unpaired) electrons. The lowest BCUT2D eigenvalue weighted by Crippen LogP contribution is -2.27. The smallest absolute Gasteiger partial charge is 0.355 e. The lowest BCUT2D eigenvalue weighted by molar-refractivity contribution is 0.0691. The Hall–Kier alpha value is -2.36. The van der Waals surface area contributed by atoms with Crippen molar-refractivity contribution in [1.29, 1.82) is 0 Å². The molecule has 2 rings (SSSR count). The zero-order chi connectivity index (χ0) is 13.1. The number of aromatic carboxylic acids is 1. The van der Waals surface area contributed by atoms with E-state index in [0.717, 1.165) is 11.3 Å². The van der Waals surface area contributed by atoms with Gasteiger partial charge in [-0.05, 0) is 6.92 Å². The van der Waals surface area contributed by atoms with E-state index in [9.17, 15) is 9.59 Å². The summed E-state index contributed by atoms with van der Waals surface area (Å²) in [5.74, 6) is -1.32. The van der Waals surface area contributed by atoms with Gasteiger partial charge in [-0.2, -0.15) is 5.21 Å². The van der Waals surface area contributed by atoms with Crippen LogP contribution in [0.5, 0.6) is 0 Å². The number of amides is 1. The number of carboxylic acid groups (broad SMARTS) is 1. The van der Waals surface area contributed by atoms with Crippen LogP contribution >= 0.6 is 11.3 Å². The van der Waals surface area contributed by atoms with Crippen LogP contribution in [-0.2, 0) is 0 Å². The minimum Gasteiger partial charge on any atom is -0.476 e. The second-order valence-corrected chi connectivity index (χ2v) is 4.17. The van der Waals surface area contributed by atoms with Crippen LogP contribution in [0.1, 0.15) is 39.1 Å². The number of H-pyrrole nitrogens is 1. The van der Waals surface area contributed by atoms with Gasteiger partial charge < -0.3 is 10.4 Å². The summed E-state index contributed by atoms with van der Waals surface area (Å²) >= 11 is 0.957. The number of hydrogen-bond donors (Lipinski definition) is 3. The van der Waals surface area contributed by atoms with Crippen molar-refractivity contribution in [2.24, 2.45) is 0 Å². The molecular weight excluding hydrogens is 260 g/mol. The van der Waals surface area contributed by atoms with Crippen LogP contribution in [-0.4, -0.2) is 42.6 Å². The number of carbonyl (C=O) groups excluding carboxylic acids is 1. The number of carboxylic acids is 1. The third-order valence-corrected chi connectivity index (χ3v) is 2.86. The standard InChI is InChI=1S/C8H8N6O3S/c1-3(5-11-13-14-12-5)9-6(15)7-10-4(2-18-7)8(16)17/h2-3H,1H3,(H,9,15)(H,16,17)(H,11,12,13,14). The molecule has 2 aromatic rings. The highest BCUT2D eigenvalue weighted by Gasteiger charge is 2.18. The normalized spacial score (nSPS) is 12.1. The van der Waals surface area contributed by atoms with E-state index in [-0.39, 0.29) is 10.7 Å². The molecule has 3 N–H and O–H groups in total. The molecule has 9 nitrogen and oxygen atoms in total. The highest BCUT2D eigenvalue weighted by atomic mass is 32.1. The Labute approximate surface area is 104 Å². The van der Waals surface area contributed by atoms with Gasteiger partial charge in [0.2, 0.25) is 0 Å². The first kappa shape index (κ1) is 12.1. The number of rotatable bonds is 4. The fraction of sp³-hybridized carbons (Fsp3) is 0.250. The molecular formula is C8H8N6O3S. The molecule has 1 atom stereocenters. The zero-order valence-corrected chi connectivity index (χ0v) is 9.93. The molecule has 0 spiro atoms. The SMILES string of the molecule is CC(NC(=O)c1nc(C(=O)O)cs1)c1nn[nH]n1. The fourth-order valence-corrected chi connectivity index (χ4v) is 1.85. The number of aromatic amines is 1. The van der Waals surface area contributed by atoms with Crippen LogP contribution in [0.4, 0.5) is 0 Å². The maximum absolute atomic E-state index is 11.7. The molecule has 1 unspecified atom stereocenters. The summed E-state index contributed by atoms with van der Waals surface area (Å²) in [6, 6.07) is -0.451. The van der Waals surface area contributed by atoms with Gasteiger partial charge in [0.05, 0.1) is 6.04 Å². The van der Waals surface area contributed by atoms with Gasteiger partial charge in [0.25, 0.3) is 5.91 Å². The van der Waals surface area contributed by atoms with Crippen LogP contribution < -0.4 is 5.32 Å². The van der Waals surface area contributed by atoms with E-state index in [1.54, 1.807) is 6.92 Å². The van der Waals surface area contributed by atoms with Gasteiger partial charge in [-0.15, -0.1) is 21.5 Å². The topological polar surface area (TPSA) is 134 Å². The Bertz CT molecular complexity index is 565. The van der Waals surface area contributed by atoms with E-state index < -0.39 is 17.9 Å². The Morgan fingerprint density at radius 2 is 2.33 bits per heavy atom. The lowest BCUT2D eigenvalue weighted by Gasteiger charge is -2.07. The minimum absolute atomic E-state index is 0.0720. The van der Waals surface area contributed by atoms with E-state index in [2.05, 4.69) is 30.9 Å². The van der Waals surface area contributed by atoms with Crippen LogP contribution in [0.25, 0.3) is 0 Å². The third kappa shape index (κ3) is 2.48. The highest BCUT2D eigenvalue weighted by molar-refractivity contribution is 7.11. The maximum atomic E-state index is 11.7. The van der Waals surface area contributed by atoms with E-state index >= 15 is 0 Å². The summed E-state index contributed by atoms with van der Waals surface area (Å²) in [7, 11) is 0.